The number of carbonyl (C=O) groups excluding carboxylic acids is 2. The Hall–Kier alpha value is -2.96. The van der Waals surface area contributed by atoms with E-state index in [0.29, 0.717) is 51.5 Å². The van der Waals surface area contributed by atoms with Crippen molar-refractivity contribution >= 4 is 17.8 Å². The average Bonchev–Trinajstić information content (AvgIpc) is 3.55. The van der Waals surface area contributed by atoms with E-state index in [-0.39, 0.29) is 11.8 Å². The zero-order valence-corrected chi connectivity index (χ0v) is 16.1. The quantitative estimate of drug-likeness (QED) is 0.797. The van der Waals surface area contributed by atoms with Crippen molar-refractivity contribution in [1.82, 2.24) is 20.2 Å². The molecule has 1 aliphatic carbocycles. The average molecular weight is 379 g/mol. The Bertz CT molecular complexity index is 858. The fraction of sp³-hybridized carbons (Fsp3) is 0.429. The summed E-state index contributed by atoms with van der Waals surface area (Å²) >= 11 is 0. The number of hydrogen-bond donors (Lipinski definition) is 1. The van der Waals surface area contributed by atoms with Crippen molar-refractivity contribution in [3.8, 4) is 0 Å². The molecule has 2 fully saturated rings. The second kappa shape index (κ2) is 7.58. The number of rotatable bonds is 5. The van der Waals surface area contributed by atoms with Crippen molar-refractivity contribution in [2.45, 2.75) is 26.3 Å². The molecular formula is C21H25N5O2. The van der Waals surface area contributed by atoms with Gasteiger partial charge in [-0.3, -0.25) is 9.59 Å². The minimum atomic E-state index is -0.867. The number of piperazine rings is 1. The van der Waals surface area contributed by atoms with E-state index in [1.165, 1.54) is 0 Å². The van der Waals surface area contributed by atoms with Gasteiger partial charge in [-0.15, -0.1) is 0 Å². The van der Waals surface area contributed by atoms with Gasteiger partial charge < -0.3 is 15.1 Å². The third-order valence-corrected chi connectivity index (χ3v) is 5.70. The van der Waals surface area contributed by atoms with E-state index < -0.39 is 5.41 Å². The smallest absolute Gasteiger partial charge is 0.238 e. The second-order valence-electron chi connectivity index (χ2n) is 7.52. The standard InChI is InChI=1S/C21H25N5O2/c1-16-5-2-3-6-17(16)15-24-18(27)21(7-8-21)19(28)25-11-13-26(14-12-25)20-22-9-4-10-23-20/h2-6,9-10H,7-8,11-15H2,1H3,(H,24,27). The summed E-state index contributed by atoms with van der Waals surface area (Å²) in [6, 6.07) is 9.75. The van der Waals surface area contributed by atoms with Crippen molar-refractivity contribution in [3.63, 3.8) is 0 Å². The van der Waals surface area contributed by atoms with E-state index in [9.17, 15) is 9.59 Å². The first-order valence-corrected chi connectivity index (χ1v) is 9.74. The first-order valence-electron chi connectivity index (χ1n) is 9.74. The minimum Gasteiger partial charge on any atom is -0.351 e. The largest absolute Gasteiger partial charge is 0.351 e. The van der Waals surface area contributed by atoms with Gasteiger partial charge in [0, 0.05) is 45.1 Å². The van der Waals surface area contributed by atoms with Crippen LogP contribution in [0.3, 0.4) is 0 Å². The van der Waals surface area contributed by atoms with Crippen molar-refractivity contribution in [2.24, 2.45) is 5.41 Å². The topological polar surface area (TPSA) is 78.4 Å². The molecular weight excluding hydrogens is 354 g/mol. The molecule has 2 aromatic rings. The zero-order chi connectivity index (χ0) is 19.6. The van der Waals surface area contributed by atoms with Crippen LogP contribution in [0.15, 0.2) is 42.7 Å². The predicted octanol–water partition coefficient (Wildman–Crippen LogP) is 1.53. The molecule has 7 nitrogen and oxygen atoms in total. The lowest BCUT2D eigenvalue weighted by atomic mass is 10.0. The summed E-state index contributed by atoms with van der Waals surface area (Å²) in [5, 5.41) is 2.98. The van der Waals surface area contributed by atoms with Gasteiger partial charge in [0.15, 0.2) is 0 Å². The van der Waals surface area contributed by atoms with Gasteiger partial charge in [-0.05, 0) is 37.0 Å². The van der Waals surface area contributed by atoms with Gasteiger partial charge in [0.2, 0.25) is 17.8 Å². The van der Waals surface area contributed by atoms with Crippen LogP contribution in [0, 0.1) is 12.3 Å². The monoisotopic (exact) mass is 379 g/mol. The minimum absolute atomic E-state index is 0.0385. The summed E-state index contributed by atoms with van der Waals surface area (Å²) in [7, 11) is 0. The molecule has 146 valence electrons. The highest BCUT2D eigenvalue weighted by molar-refractivity contribution is 6.07. The summed E-state index contributed by atoms with van der Waals surface area (Å²) < 4.78 is 0. The first-order chi connectivity index (χ1) is 13.6. The van der Waals surface area contributed by atoms with Crippen LogP contribution < -0.4 is 10.2 Å². The first kappa shape index (κ1) is 18.4. The molecule has 1 aromatic carbocycles. The molecule has 0 bridgehead atoms. The molecule has 0 radical (unpaired) electrons. The molecule has 0 unspecified atom stereocenters. The van der Waals surface area contributed by atoms with E-state index in [1.54, 1.807) is 18.5 Å². The molecule has 28 heavy (non-hydrogen) atoms. The third kappa shape index (κ3) is 3.56. The zero-order valence-electron chi connectivity index (χ0n) is 16.1. The molecule has 0 spiro atoms. The lowest BCUT2D eigenvalue weighted by molar-refractivity contribution is -0.144. The molecule has 2 aliphatic rings. The normalized spacial score (nSPS) is 17.9. The summed E-state index contributed by atoms with van der Waals surface area (Å²) in [6.07, 6.45) is 4.70. The number of amides is 2. The molecule has 7 heteroatoms. The lowest BCUT2D eigenvalue weighted by Crippen LogP contribution is -2.53. The molecule has 1 saturated heterocycles. The highest BCUT2D eigenvalue weighted by Gasteiger charge is 2.58. The van der Waals surface area contributed by atoms with Gasteiger partial charge in [0.25, 0.3) is 0 Å². The molecule has 1 saturated carbocycles. The summed E-state index contributed by atoms with van der Waals surface area (Å²) in [4.78, 5) is 38.3. The van der Waals surface area contributed by atoms with Gasteiger partial charge in [-0.2, -0.15) is 0 Å². The van der Waals surface area contributed by atoms with Crippen molar-refractivity contribution < 1.29 is 9.59 Å². The van der Waals surface area contributed by atoms with E-state index >= 15 is 0 Å². The molecule has 2 amide bonds. The van der Waals surface area contributed by atoms with Crippen LogP contribution in [0.1, 0.15) is 24.0 Å². The van der Waals surface area contributed by atoms with Gasteiger partial charge in [0.1, 0.15) is 5.41 Å². The molecule has 1 aliphatic heterocycles. The van der Waals surface area contributed by atoms with Crippen LogP contribution in [0.25, 0.3) is 0 Å². The Morgan fingerprint density at radius 2 is 1.71 bits per heavy atom. The number of anilines is 1. The number of hydrogen-bond acceptors (Lipinski definition) is 5. The number of nitrogens with zero attached hydrogens (tertiary/aromatic N) is 4. The fourth-order valence-corrected chi connectivity index (χ4v) is 3.68. The summed E-state index contributed by atoms with van der Waals surface area (Å²) in [5.41, 5.74) is 1.35. The SMILES string of the molecule is Cc1ccccc1CNC(=O)C1(C(=O)N2CCN(c3ncccn3)CC2)CC1. The molecule has 2 heterocycles. The van der Waals surface area contributed by atoms with Crippen molar-refractivity contribution in [3.05, 3.63) is 53.9 Å². The molecule has 1 N–H and O–H groups in total. The maximum Gasteiger partial charge on any atom is 0.238 e. The van der Waals surface area contributed by atoms with Crippen LogP contribution in [0.2, 0.25) is 0 Å². The maximum atomic E-state index is 13.1. The van der Waals surface area contributed by atoms with Crippen LogP contribution in [0.5, 0.6) is 0 Å². The molecule has 4 rings (SSSR count). The number of benzene rings is 1. The third-order valence-electron chi connectivity index (χ3n) is 5.70. The Labute approximate surface area is 164 Å². The van der Waals surface area contributed by atoms with Crippen LogP contribution in [0.4, 0.5) is 5.95 Å². The maximum absolute atomic E-state index is 13.1. The fourth-order valence-electron chi connectivity index (χ4n) is 3.68. The van der Waals surface area contributed by atoms with Gasteiger partial charge in [0.05, 0.1) is 0 Å². The van der Waals surface area contributed by atoms with E-state index in [1.807, 2.05) is 36.1 Å². The predicted molar refractivity (Wildman–Crippen MR) is 106 cm³/mol. The van der Waals surface area contributed by atoms with Crippen molar-refractivity contribution in [2.75, 3.05) is 31.1 Å². The van der Waals surface area contributed by atoms with Gasteiger partial charge in [-0.25, -0.2) is 9.97 Å². The Morgan fingerprint density at radius 1 is 1.04 bits per heavy atom. The van der Waals surface area contributed by atoms with Crippen molar-refractivity contribution in [1.29, 1.82) is 0 Å². The Balaban J connectivity index is 1.34. The lowest BCUT2D eigenvalue weighted by Gasteiger charge is -2.36. The van der Waals surface area contributed by atoms with E-state index in [2.05, 4.69) is 20.2 Å². The molecule has 0 atom stereocenters. The number of aromatic nitrogens is 2. The van der Waals surface area contributed by atoms with E-state index in [4.69, 9.17) is 0 Å². The Kier molecular flexibility index (Phi) is 4.98. The Morgan fingerprint density at radius 3 is 2.36 bits per heavy atom. The van der Waals surface area contributed by atoms with E-state index in [0.717, 1.165) is 11.1 Å². The molecule has 1 aromatic heterocycles. The van der Waals surface area contributed by atoms with Crippen LogP contribution in [-0.4, -0.2) is 52.9 Å². The second-order valence-corrected chi connectivity index (χ2v) is 7.52. The highest BCUT2D eigenvalue weighted by Crippen LogP contribution is 2.47. The summed E-state index contributed by atoms with van der Waals surface area (Å²) in [5.74, 6) is 0.504. The van der Waals surface area contributed by atoms with Gasteiger partial charge >= 0.3 is 0 Å². The number of nitrogens with one attached hydrogen (secondary N) is 1. The van der Waals surface area contributed by atoms with Crippen LogP contribution in [-0.2, 0) is 16.1 Å². The summed E-state index contributed by atoms with van der Waals surface area (Å²) in [6.45, 7) is 5.01. The highest BCUT2D eigenvalue weighted by atomic mass is 16.2. The van der Waals surface area contributed by atoms with Gasteiger partial charge in [-0.1, -0.05) is 24.3 Å². The van der Waals surface area contributed by atoms with Crippen LogP contribution >= 0.6 is 0 Å². The number of carbonyl (C=O) groups is 2. The number of aryl methyl sites for hydroxylation is 1.